The fourth-order valence-electron chi connectivity index (χ4n) is 8.48. The van der Waals surface area contributed by atoms with E-state index >= 15 is 8.78 Å². The number of hydrogen-bond acceptors (Lipinski definition) is 9. The molecule has 4 aliphatic heterocycles. The molecule has 2 unspecified atom stereocenters. The second-order valence-electron chi connectivity index (χ2n) is 14.0. The summed E-state index contributed by atoms with van der Waals surface area (Å²) < 4.78 is 53.4. The second-order valence-corrected chi connectivity index (χ2v) is 15.4. The molecular formula is C35H34ClF3N8O3S. The van der Waals surface area contributed by atoms with Crippen LogP contribution < -0.4 is 9.64 Å². The summed E-state index contributed by atoms with van der Waals surface area (Å²) in [7, 11) is 3.53. The molecule has 8 rings (SSSR count). The Balaban J connectivity index is 1.28. The van der Waals surface area contributed by atoms with E-state index in [0.29, 0.717) is 50.1 Å². The Morgan fingerprint density at radius 3 is 2.73 bits per heavy atom. The first-order chi connectivity index (χ1) is 24.5. The summed E-state index contributed by atoms with van der Waals surface area (Å²) in [4.78, 5) is 32.9. The molecule has 2 aromatic heterocycles. The third-order valence-electron chi connectivity index (χ3n) is 10.6. The van der Waals surface area contributed by atoms with Crippen LogP contribution in [-0.4, -0.2) is 113 Å². The molecule has 4 atom stereocenters. The molecule has 4 aromatic rings. The largest absolute Gasteiger partial charge is 0.465 e. The molecule has 0 radical (unpaired) electrons. The maximum Gasteiger partial charge on any atom is 0.407 e. The SMILES string of the molecule is CN(C)/C=N/c1sc2c(F)ccc(-c3c(Cl)cc4c(N5CC6CCC(C5)N6C(=O)O)nc(OC[C@@]56CCCN5C[C@H](F)C6)nc4c3F)c2c1C#N. The van der Waals surface area contributed by atoms with Crippen LogP contribution in [0.3, 0.4) is 0 Å². The number of carboxylic acid groups (broad SMARTS) is 1. The summed E-state index contributed by atoms with van der Waals surface area (Å²) in [6.45, 7) is 1.87. The van der Waals surface area contributed by atoms with Gasteiger partial charge in [-0.3, -0.25) is 9.80 Å². The van der Waals surface area contributed by atoms with E-state index in [1.807, 2.05) is 4.90 Å². The number of anilines is 1. The molecule has 2 aromatic carbocycles. The topological polar surface area (TPSA) is 121 Å². The van der Waals surface area contributed by atoms with Gasteiger partial charge in [0.25, 0.3) is 0 Å². The summed E-state index contributed by atoms with van der Waals surface area (Å²) in [6, 6.07) is 5.63. The van der Waals surface area contributed by atoms with E-state index in [9.17, 15) is 19.6 Å². The smallest absolute Gasteiger partial charge is 0.407 e. The number of alkyl halides is 1. The van der Waals surface area contributed by atoms with Gasteiger partial charge in [-0.15, -0.1) is 11.3 Å². The number of carbonyl (C=O) groups is 1. The lowest BCUT2D eigenvalue weighted by molar-refractivity contribution is 0.107. The molecule has 51 heavy (non-hydrogen) atoms. The van der Waals surface area contributed by atoms with Gasteiger partial charge in [0.15, 0.2) is 5.82 Å². The van der Waals surface area contributed by atoms with Crippen LogP contribution in [0.2, 0.25) is 5.02 Å². The van der Waals surface area contributed by atoms with Crippen molar-refractivity contribution in [2.45, 2.75) is 55.9 Å². The van der Waals surface area contributed by atoms with Crippen molar-refractivity contribution in [3.63, 3.8) is 0 Å². The summed E-state index contributed by atoms with van der Waals surface area (Å²) >= 11 is 7.90. The summed E-state index contributed by atoms with van der Waals surface area (Å²) in [6.07, 6.45) is 2.91. The number of amides is 1. The van der Waals surface area contributed by atoms with Crippen LogP contribution in [-0.2, 0) is 0 Å². The molecule has 6 heterocycles. The normalized spacial score (nSPS) is 24.6. The van der Waals surface area contributed by atoms with Crippen LogP contribution in [0.4, 0.5) is 28.8 Å². The average Bonchev–Trinajstić information content (AvgIpc) is 3.81. The molecule has 2 bridgehead atoms. The molecule has 4 fully saturated rings. The monoisotopic (exact) mass is 738 g/mol. The molecule has 0 spiro atoms. The van der Waals surface area contributed by atoms with Crippen LogP contribution in [0.5, 0.6) is 6.01 Å². The first kappa shape index (κ1) is 33.7. The minimum absolute atomic E-state index is 0.00701. The van der Waals surface area contributed by atoms with Crippen molar-refractivity contribution < 1.29 is 27.8 Å². The number of ether oxygens (including phenoxy) is 1. The highest BCUT2D eigenvalue weighted by molar-refractivity contribution is 7.23. The Labute approximate surface area is 300 Å². The summed E-state index contributed by atoms with van der Waals surface area (Å²) in [5.41, 5.74) is -0.399. The number of nitriles is 1. The van der Waals surface area contributed by atoms with Crippen molar-refractivity contribution in [1.29, 1.82) is 5.26 Å². The predicted molar refractivity (Wildman–Crippen MR) is 189 cm³/mol. The number of rotatable bonds is 7. The minimum Gasteiger partial charge on any atom is -0.465 e. The van der Waals surface area contributed by atoms with Gasteiger partial charge in [-0.1, -0.05) is 17.7 Å². The van der Waals surface area contributed by atoms with Crippen LogP contribution in [0.1, 0.15) is 37.7 Å². The van der Waals surface area contributed by atoms with E-state index in [1.54, 1.807) is 25.1 Å². The minimum atomic E-state index is -0.980. The number of aromatic nitrogens is 2. The van der Waals surface area contributed by atoms with Crippen LogP contribution in [0.15, 0.2) is 23.2 Å². The zero-order chi connectivity index (χ0) is 35.8. The molecule has 4 saturated heterocycles. The zero-order valence-corrected chi connectivity index (χ0v) is 29.4. The number of nitrogens with zero attached hydrogens (tertiary/aromatic N) is 8. The zero-order valence-electron chi connectivity index (χ0n) is 27.9. The van der Waals surface area contributed by atoms with E-state index in [0.717, 1.165) is 30.7 Å². The number of halogens is 4. The Kier molecular flexibility index (Phi) is 8.39. The Bertz CT molecular complexity index is 2150. The molecule has 11 nitrogen and oxygen atoms in total. The molecule has 266 valence electrons. The van der Waals surface area contributed by atoms with Crippen LogP contribution >= 0.6 is 22.9 Å². The van der Waals surface area contributed by atoms with Gasteiger partial charge >= 0.3 is 12.1 Å². The number of benzene rings is 2. The van der Waals surface area contributed by atoms with Gasteiger partial charge in [0.1, 0.15) is 41.0 Å². The van der Waals surface area contributed by atoms with E-state index in [2.05, 4.69) is 20.9 Å². The Hall–Kier alpha value is -4.39. The van der Waals surface area contributed by atoms with E-state index in [1.165, 1.54) is 23.4 Å². The van der Waals surface area contributed by atoms with E-state index in [4.69, 9.17) is 21.3 Å². The first-order valence-electron chi connectivity index (χ1n) is 16.8. The van der Waals surface area contributed by atoms with Gasteiger partial charge in [0.2, 0.25) is 0 Å². The molecule has 16 heteroatoms. The fraction of sp³-hybridized carbons (Fsp3) is 0.457. The first-order valence-corrected chi connectivity index (χ1v) is 18.0. The second kappa shape index (κ2) is 12.7. The van der Waals surface area contributed by atoms with Crippen molar-refractivity contribution >= 4 is 67.2 Å². The third kappa shape index (κ3) is 5.59. The van der Waals surface area contributed by atoms with Gasteiger partial charge in [-0.25, -0.2) is 23.0 Å². The van der Waals surface area contributed by atoms with E-state index < -0.39 is 29.4 Å². The lowest BCUT2D eigenvalue weighted by Gasteiger charge is -2.40. The van der Waals surface area contributed by atoms with Crippen molar-refractivity contribution in [1.82, 2.24) is 24.7 Å². The standard InChI is InChI=1S/C35H34ClF3N8O3S/c1-44(2)17-41-32-23(12-40)26-21(6-7-25(38)30(26)51-32)27-24(36)10-22-29(28(27)39)42-33(50-16-35-8-3-9-46(35)13-18(37)11-35)43-31(22)45-14-19-4-5-20(15-45)47(19)34(48)49/h6-7,10,17-20H,3-5,8-9,11,13-16H2,1-2H3,(H,48,49)/b41-17+/t18-,19?,20?,35+/m1/s1. The van der Waals surface area contributed by atoms with E-state index in [-0.39, 0.29) is 67.0 Å². The van der Waals surface area contributed by atoms with Gasteiger partial charge in [0, 0.05) is 56.5 Å². The highest BCUT2D eigenvalue weighted by atomic mass is 35.5. The average molecular weight is 739 g/mol. The highest BCUT2D eigenvalue weighted by Gasteiger charge is 2.49. The van der Waals surface area contributed by atoms with Gasteiger partial charge < -0.3 is 19.6 Å². The summed E-state index contributed by atoms with van der Waals surface area (Å²) in [5.74, 6) is -1.06. The Morgan fingerprint density at radius 1 is 1.25 bits per heavy atom. The molecular weight excluding hydrogens is 705 g/mol. The number of aliphatic imine (C=N–C) groups is 1. The molecule has 0 aliphatic carbocycles. The van der Waals surface area contributed by atoms with Crippen molar-refractivity contribution in [2.75, 3.05) is 51.8 Å². The lowest BCUT2D eigenvalue weighted by atomic mass is 9.95. The molecule has 1 N–H and O–H groups in total. The maximum atomic E-state index is 17.2. The lowest BCUT2D eigenvalue weighted by Crippen LogP contribution is -2.55. The fourth-order valence-corrected chi connectivity index (χ4v) is 9.80. The van der Waals surface area contributed by atoms with Gasteiger partial charge in [-0.2, -0.15) is 15.2 Å². The number of piperazine rings is 1. The highest BCUT2D eigenvalue weighted by Crippen LogP contribution is 2.48. The number of thiophene rings is 1. The quantitative estimate of drug-likeness (QED) is 0.161. The third-order valence-corrected chi connectivity index (χ3v) is 12.0. The maximum absolute atomic E-state index is 17.2. The Morgan fingerprint density at radius 2 is 2.02 bits per heavy atom. The predicted octanol–water partition coefficient (Wildman–Crippen LogP) is 6.82. The van der Waals surface area contributed by atoms with Crippen LogP contribution in [0, 0.1) is 23.0 Å². The number of hydrogen-bond donors (Lipinski definition) is 1. The molecule has 4 aliphatic rings. The van der Waals surface area contributed by atoms with Gasteiger partial charge in [-0.05, 0) is 49.9 Å². The van der Waals surface area contributed by atoms with Crippen LogP contribution in [0.25, 0.3) is 32.1 Å². The number of fused-ring (bicyclic) bond motifs is 5. The van der Waals surface area contributed by atoms with Crippen molar-refractivity contribution in [2.24, 2.45) is 4.99 Å². The summed E-state index contributed by atoms with van der Waals surface area (Å²) in [5, 5.41) is 20.8. The molecule has 1 amide bonds. The van der Waals surface area contributed by atoms with Crippen molar-refractivity contribution in [3.05, 3.63) is 40.4 Å². The molecule has 0 saturated carbocycles. The van der Waals surface area contributed by atoms with Gasteiger partial charge in [0.05, 0.1) is 39.2 Å². The van der Waals surface area contributed by atoms with Crippen molar-refractivity contribution in [3.8, 4) is 23.2 Å².